The number of carbonyl (C=O) groups is 1. The molecule has 0 bridgehead atoms. The van der Waals surface area contributed by atoms with Gasteiger partial charge in [-0.15, -0.1) is 0 Å². The molecule has 1 fully saturated rings. The van der Waals surface area contributed by atoms with Crippen molar-refractivity contribution >= 4 is 5.97 Å². The van der Waals surface area contributed by atoms with Crippen molar-refractivity contribution in [3.05, 3.63) is 65.7 Å². The van der Waals surface area contributed by atoms with E-state index in [2.05, 4.69) is 17.0 Å². The highest BCUT2D eigenvalue weighted by molar-refractivity contribution is 5.68. The van der Waals surface area contributed by atoms with Crippen LogP contribution in [0.15, 0.2) is 54.6 Å². The zero-order valence-electron chi connectivity index (χ0n) is 14.8. The summed E-state index contributed by atoms with van der Waals surface area (Å²) in [6.45, 7) is 2.08. The van der Waals surface area contributed by atoms with Crippen molar-refractivity contribution in [3.8, 4) is 5.75 Å². The second-order valence-electron chi connectivity index (χ2n) is 6.87. The van der Waals surface area contributed by atoms with Gasteiger partial charge in [-0.3, -0.25) is 4.90 Å². The van der Waals surface area contributed by atoms with Crippen LogP contribution in [-0.4, -0.2) is 46.9 Å². The maximum Gasteiger partial charge on any atom is 0.341 e. The summed E-state index contributed by atoms with van der Waals surface area (Å²) in [6.07, 6.45) is 1.59. The van der Waals surface area contributed by atoms with E-state index in [4.69, 9.17) is 9.84 Å². The molecule has 0 saturated carbocycles. The molecule has 1 saturated heterocycles. The first kappa shape index (κ1) is 18.4. The zero-order valence-corrected chi connectivity index (χ0v) is 14.8. The summed E-state index contributed by atoms with van der Waals surface area (Å²) in [7, 11) is 0. The number of rotatable bonds is 7. The molecule has 26 heavy (non-hydrogen) atoms. The number of ether oxygens (including phenoxy) is 1. The summed E-state index contributed by atoms with van der Waals surface area (Å²) in [6, 6.07) is 17.8. The SMILES string of the molecule is O=C(O)COc1ccc(CN2CC[C@H](Cc3ccccc3)[C@@H](O)C2)cc1. The number of piperidine rings is 1. The van der Waals surface area contributed by atoms with E-state index in [9.17, 15) is 9.90 Å². The van der Waals surface area contributed by atoms with Crippen LogP contribution in [0.4, 0.5) is 0 Å². The number of carboxylic acids is 1. The van der Waals surface area contributed by atoms with Gasteiger partial charge in [-0.05, 0) is 48.6 Å². The minimum Gasteiger partial charge on any atom is -0.482 e. The van der Waals surface area contributed by atoms with Crippen LogP contribution >= 0.6 is 0 Å². The third-order valence-electron chi connectivity index (χ3n) is 4.84. The van der Waals surface area contributed by atoms with E-state index in [1.54, 1.807) is 12.1 Å². The van der Waals surface area contributed by atoms with E-state index >= 15 is 0 Å². The van der Waals surface area contributed by atoms with E-state index in [1.807, 2.05) is 30.3 Å². The molecular formula is C21H25NO4. The number of benzene rings is 2. The van der Waals surface area contributed by atoms with Crippen molar-refractivity contribution in [1.82, 2.24) is 4.90 Å². The van der Waals surface area contributed by atoms with E-state index in [1.165, 1.54) is 5.56 Å². The lowest BCUT2D eigenvalue weighted by atomic mass is 9.88. The molecule has 0 aromatic heterocycles. The number of hydrogen-bond donors (Lipinski definition) is 2. The maximum atomic E-state index is 10.5. The Morgan fingerprint density at radius 3 is 2.46 bits per heavy atom. The van der Waals surface area contributed by atoms with Gasteiger partial charge in [0.2, 0.25) is 0 Å². The van der Waals surface area contributed by atoms with Gasteiger partial charge < -0.3 is 14.9 Å². The van der Waals surface area contributed by atoms with Crippen molar-refractivity contribution in [2.45, 2.75) is 25.5 Å². The number of aliphatic hydroxyl groups is 1. The largest absolute Gasteiger partial charge is 0.482 e. The number of likely N-dealkylation sites (tertiary alicyclic amines) is 1. The van der Waals surface area contributed by atoms with Crippen LogP contribution in [0.2, 0.25) is 0 Å². The van der Waals surface area contributed by atoms with Crippen LogP contribution in [0, 0.1) is 5.92 Å². The van der Waals surface area contributed by atoms with Gasteiger partial charge in [-0.2, -0.15) is 0 Å². The van der Waals surface area contributed by atoms with Crippen LogP contribution in [0.25, 0.3) is 0 Å². The smallest absolute Gasteiger partial charge is 0.341 e. The van der Waals surface area contributed by atoms with Crippen LogP contribution in [0.5, 0.6) is 5.75 Å². The summed E-state index contributed by atoms with van der Waals surface area (Å²) in [4.78, 5) is 12.8. The Bertz CT molecular complexity index is 702. The number of nitrogens with zero attached hydrogens (tertiary/aromatic N) is 1. The first-order valence-electron chi connectivity index (χ1n) is 8.98. The highest BCUT2D eigenvalue weighted by atomic mass is 16.5. The van der Waals surface area contributed by atoms with E-state index in [-0.39, 0.29) is 12.7 Å². The molecule has 0 amide bonds. The lowest BCUT2D eigenvalue weighted by molar-refractivity contribution is -0.139. The molecule has 1 aliphatic rings. The summed E-state index contributed by atoms with van der Waals surface area (Å²) in [5.74, 6) is -0.125. The standard InChI is InChI=1S/C21H25NO4/c23-20-14-22(11-10-18(20)12-16-4-2-1-3-5-16)13-17-6-8-19(9-7-17)26-15-21(24)25/h1-9,18,20,23H,10-15H2,(H,24,25)/t18-,20+/m1/s1. The van der Waals surface area contributed by atoms with Gasteiger partial charge in [0.05, 0.1) is 6.10 Å². The fourth-order valence-electron chi connectivity index (χ4n) is 3.44. The van der Waals surface area contributed by atoms with Crippen molar-refractivity contribution < 1.29 is 19.7 Å². The molecule has 1 heterocycles. The zero-order chi connectivity index (χ0) is 18.4. The van der Waals surface area contributed by atoms with Crippen LogP contribution in [0.1, 0.15) is 17.5 Å². The number of aliphatic carboxylic acids is 1. The predicted octanol–water partition coefficient (Wildman–Crippen LogP) is 2.58. The predicted molar refractivity (Wildman–Crippen MR) is 99.1 cm³/mol. The van der Waals surface area contributed by atoms with Crippen LogP contribution in [-0.2, 0) is 17.8 Å². The van der Waals surface area contributed by atoms with Gasteiger partial charge in [0, 0.05) is 13.1 Å². The van der Waals surface area contributed by atoms with Crippen molar-refractivity contribution in [2.24, 2.45) is 5.92 Å². The van der Waals surface area contributed by atoms with Crippen molar-refractivity contribution in [3.63, 3.8) is 0 Å². The molecule has 0 spiro atoms. The molecule has 0 unspecified atom stereocenters. The molecule has 5 heteroatoms. The third-order valence-corrected chi connectivity index (χ3v) is 4.84. The molecule has 2 aromatic carbocycles. The fourth-order valence-corrected chi connectivity index (χ4v) is 3.44. The molecule has 2 atom stereocenters. The second kappa shape index (κ2) is 8.83. The Morgan fingerprint density at radius 1 is 1.08 bits per heavy atom. The molecule has 138 valence electrons. The number of hydrogen-bond acceptors (Lipinski definition) is 4. The van der Waals surface area contributed by atoms with Gasteiger partial charge in [0.1, 0.15) is 5.75 Å². The van der Waals surface area contributed by atoms with Gasteiger partial charge in [-0.1, -0.05) is 42.5 Å². The Morgan fingerprint density at radius 2 is 1.81 bits per heavy atom. The summed E-state index contributed by atoms with van der Waals surface area (Å²) < 4.78 is 5.15. The quantitative estimate of drug-likeness (QED) is 0.799. The summed E-state index contributed by atoms with van der Waals surface area (Å²) >= 11 is 0. The van der Waals surface area contributed by atoms with E-state index in [0.29, 0.717) is 18.2 Å². The topological polar surface area (TPSA) is 70.0 Å². The molecule has 2 N–H and O–H groups in total. The Hall–Kier alpha value is -2.37. The first-order chi connectivity index (χ1) is 12.6. The third kappa shape index (κ3) is 5.31. The molecular weight excluding hydrogens is 330 g/mol. The molecule has 1 aliphatic heterocycles. The molecule has 0 radical (unpaired) electrons. The monoisotopic (exact) mass is 355 g/mol. The Labute approximate surface area is 153 Å². The van der Waals surface area contributed by atoms with Gasteiger partial charge in [0.15, 0.2) is 6.61 Å². The van der Waals surface area contributed by atoms with Crippen LogP contribution in [0.3, 0.4) is 0 Å². The number of aliphatic hydroxyl groups excluding tert-OH is 1. The van der Waals surface area contributed by atoms with Crippen molar-refractivity contribution in [1.29, 1.82) is 0 Å². The molecule has 3 rings (SSSR count). The average molecular weight is 355 g/mol. The minimum atomic E-state index is -0.985. The first-order valence-corrected chi connectivity index (χ1v) is 8.98. The number of β-amino-alcohol motifs (C(OH)–C–C–N with tert-alkyl or cyclic N) is 1. The molecule has 0 aliphatic carbocycles. The van der Waals surface area contributed by atoms with E-state index in [0.717, 1.165) is 31.5 Å². The minimum absolute atomic E-state index is 0.306. The fraction of sp³-hybridized carbons (Fsp3) is 0.381. The van der Waals surface area contributed by atoms with Gasteiger partial charge in [-0.25, -0.2) is 4.79 Å². The highest BCUT2D eigenvalue weighted by Crippen LogP contribution is 2.24. The second-order valence-corrected chi connectivity index (χ2v) is 6.87. The lowest BCUT2D eigenvalue weighted by Gasteiger charge is -2.36. The maximum absolute atomic E-state index is 10.5. The van der Waals surface area contributed by atoms with Crippen LogP contribution < -0.4 is 4.74 Å². The lowest BCUT2D eigenvalue weighted by Crippen LogP contribution is -2.44. The highest BCUT2D eigenvalue weighted by Gasteiger charge is 2.27. The average Bonchev–Trinajstić information content (AvgIpc) is 2.64. The van der Waals surface area contributed by atoms with Crippen molar-refractivity contribution in [2.75, 3.05) is 19.7 Å². The molecule has 2 aromatic rings. The van der Waals surface area contributed by atoms with Gasteiger partial charge in [0.25, 0.3) is 0 Å². The van der Waals surface area contributed by atoms with Gasteiger partial charge >= 0.3 is 5.97 Å². The summed E-state index contributed by atoms with van der Waals surface area (Å²) in [5, 5.41) is 19.2. The molecule has 5 nitrogen and oxygen atoms in total. The normalized spacial score (nSPS) is 20.7. The Balaban J connectivity index is 1.49. The van der Waals surface area contributed by atoms with E-state index < -0.39 is 5.97 Å². The summed E-state index contributed by atoms with van der Waals surface area (Å²) in [5.41, 5.74) is 2.41. The number of carboxylic acid groups (broad SMARTS) is 1. The Kier molecular flexibility index (Phi) is 6.26.